The van der Waals surface area contributed by atoms with Crippen LogP contribution >= 0.6 is 0 Å². The Kier molecular flexibility index (Phi) is 8.12. The Morgan fingerprint density at radius 3 is 1.27 bits per heavy atom. The molecule has 0 aliphatic heterocycles. The standard InChI is InChI=1S/C58H47N/c1-4-12-41(13-5-1)44-20-25-51(26-21-44)59(52-27-22-45(23-28-52)42-14-6-2-7-15-42)53-36-47(43-16-8-3-9-17-43)35-48(37-53)46-24-29-57-55(38-46)54-18-10-11-19-56(54)58(57)49-31-39-30-40(33-49)34-50(58)32-39/h1-29,35-40,49-50H,30-34H2. The lowest BCUT2D eigenvalue weighted by atomic mass is 9.43. The number of rotatable bonds is 7. The van der Waals surface area contributed by atoms with E-state index < -0.39 is 0 Å². The van der Waals surface area contributed by atoms with E-state index in [1.165, 1.54) is 87.7 Å². The second kappa shape index (κ2) is 13.8. The largest absolute Gasteiger partial charge is 0.310 e. The molecule has 0 amide bonds. The Balaban J connectivity index is 1.02. The molecule has 4 bridgehead atoms. The third kappa shape index (κ3) is 5.66. The topological polar surface area (TPSA) is 3.24 Å². The van der Waals surface area contributed by atoms with Crippen molar-refractivity contribution in [1.29, 1.82) is 0 Å². The third-order valence-electron chi connectivity index (χ3n) is 14.6. The molecule has 4 saturated carbocycles. The fourth-order valence-electron chi connectivity index (χ4n) is 12.4. The van der Waals surface area contributed by atoms with Gasteiger partial charge in [0.1, 0.15) is 0 Å². The Labute approximate surface area is 348 Å². The van der Waals surface area contributed by atoms with Gasteiger partial charge in [-0.1, -0.05) is 152 Å². The second-order valence-electron chi connectivity index (χ2n) is 17.8. The van der Waals surface area contributed by atoms with Crippen molar-refractivity contribution in [2.75, 3.05) is 4.90 Å². The van der Waals surface area contributed by atoms with Crippen LogP contribution in [0.15, 0.2) is 200 Å². The molecule has 0 unspecified atom stereocenters. The summed E-state index contributed by atoms with van der Waals surface area (Å²) in [5.41, 5.74) is 19.5. The average molecular weight is 758 g/mol. The lowest BCUT2D eigenvalue weighted by Crippen LogP contribution is -2.55. The van der Waals surface area contributed by atoms with Gasteiger partial charge in [0.2, 0.25) is 0 Å². The number of benzene rings is 8. The fourth-order valence-corrected chi connectivity index (χ4v) is 12.4. The summed E-state index contributed by atoms with van der Waals surface area (Å²) in [5.74, 6) is 3.39. The van der Waals surface area contributed by atoms with E-state index >= 15 is 0 Å². The molecule has 1 heteroatoms. The van der Waals surface area contributed by atoms with Crippen LogP contribution in [-0.2, 0) is 5.41 Å². The molecule has 0 N–H and O–H groups in total. The minimum Gasteiger partial charge on any atom is -0.310 e. The maximum absolute atomic E-state index is 2.56. The highest BCUT2D eigenvalue weighted by Gasteiger charge is 2.61. The molecule has 0 aromatic heterocycles. The first-order chi connectivity index (χ1) is 29.2. The zero-order valence-corrected chi connectivity index (χ0v) is 33.3. The first kappa shape index (κ1) is 34.6. The Bertz CT molecular complexity index is 2690. The van der Waals surface area contributed by atoms with Gasteiger partial charge in [-0.3, -0.25) is 0 Å². The molecule has 284 valence electrons. The summed E-state index contributed by atoms with van der Waals surface area (Å²) >= 11 is 0. The van der Waals surface area contributed by atoms with Gasteiger partial charge in [0.15, 0.2) is 0 Å². The summed E-state index contributed by atoms with van der Waals surface area (Å²) in [6.45, 7) is 0. The van der Waals surface area contributed by atoms with Crippen molar-refractivity contribution in [2.45, 2.75) is 37.5 Å². The van der Waals surface area contributed by atoms with Crippen LogP contribution in [0.5, 0.6) is 0 Å². The SMILES string of the molecule is c1ccc(-c2ccc(N(c3ccc(-c4ccccc4)cc3)c3cc(-c4ccccc4)cc(-c4ccc5c(c4)-c4ccccc4C54C5CC6CC(C5)CC4C6)c3)cc2)cc1. The van der Waals surface area contributed by atoms with Crippen molar-refractivity contribution in [1.82, 2.24) is 0 Å². The van der Waals surface area contributed by atoms with Crippen LogP contribution in [0.2, 0.25) is 0 Å². The molecule has 1 nitrogen and oxygen atoms in total. The van der Waals surface area contributed by atoms with E-state index in [-0.39, 0.29) is 5.41 Å². The zero-order chi connectivity index (χ0) is 38.9. The molecule has 8 aromatic rings. The van der Waals surface area contributed by atoms with Gasteiger partial charge in [-0.05, 0) is 171 Å². The second-order valence-corrected chi connectivity index (χ2v) is 17.8. The van der Waals surface area contributed by atoms with Gasteiger partial charge < -0.3 is 4.90 Å². The van der Waals surface area contributed by atoms with E-state index in [4.69, 9.17) is 0 Å². The van der Waals surface area contributed by atoms with E-state index in [2.05, 4.69) is 205 Å². The molecule has 13 rings (SSSR count). The summed E-state index contributed by atoms with van der Waals surface area (Å²) in [5, 5.41) is 0. The van der Waals surface area contributed by atoms with Crippen LogP contribution in [0.4, 0.5) is 17.1 Å². The number of fused-ring (bicyclic) bond motifs is 3. The van der Waals surface area contributed by atoms with Crippen molar-refractivity contribution in [3.05, 3.63) is 211 Å². The van der Waals surface area contributed by atoms with Crippen molar-refractivity contribution in [2.24, 2.45) is 23.7 Å². The maximum atomic E-state index is 2.56. The molecule has 59 heavy (non-hydrogen) atoms. The van der Waals surface area contributed by atoms with Crippen LogP contribution in [0.25, 0.3) is 55.6 Å². The number of nitrogens with zero attached hydrogens (tertiary/aromatic N) is 1. The van der Waals surface area contributed by atoms with Crippen molar-refractivity contribution in [3.8, 4) is 55.6 Å². The van der Waals surface area contributed by atoms with Crippen LogP contribution in [0.3, 0.4) is 0 Å². The Hall–Kier alpha value is -6.44. The van der Waals surface area contributed by atoms with Crippen LogP contribution in [0.1, 0.15) is 43.2 Å². The Morgan fingerprint density at radius 1 is 0.305 bits per heavy atom. The lowest BCUT2D eigenvalue weighted by Gasteiger charge is -2.61. The molecule has 1 spiro atoms. The molecular formula is C58H47N. The first-order valence-corrected chi connectivity index (χ1v) is 21.8. The summed E-state index contributed by atoms with van der Waals surface area (Å²) < 4.78 is 0. The van der Waals surface area contributed by atoms with Crippen LogP contribution in [0, 0.1) is 23.7 Å². The van der Waals surface area contributed by atoms with E-state index in [9.17, 15) is 0 Å². The highest BCUT2D eigenvalue weighted by atomic mass is 15.1. The summed E-state index contributed by atoms with van der Waals surface area (Å²) in [6, 6.07) is 74.7. The predicted octanol–water partition coefficient (Wildman–Crippen LogP) is 15.5. The Morgan fingerprint density at radius 2 is 0.729 bits per heavy atom. The highest BCUT2D eigenvalue weighted by Crippen LogP contribution is 2.69. The van der Waals surface area contributed by atoms with E-state index in [1.807, 2.05) is 0 Å². The monoisotopic (exact) mass is 757 g/mol. The van der Waals surface area contributed by atoms with E-state index in [0.29, 0.717) is 0 Å². The van der Waals surface area contributed by atoms with Gasteiger partial charge in [0.05, 0.1) is 0 Å². The summed E-state index contributed by atoms with van der Waals surface area (Å²) in [4.78, 5) is 2.44. The molecule has 5 aliphatic rings. The van der Waals surface area contributed by atoms with Gasteiger partial charge in [-0.2, -0.15) is 0 Å². The predicted molar refractivity (Wildman–Crippen MR) is 246 cm³/mol. The quantitative estimate of drug-likeness (QED) is 0.156. The zero-order valence-electron chi connectivity index (χ0n) is 33.3. The van der Waals surface area contributed by atoms with Crippen molar-refractivity contribution in [3.63, 3.8) is 0 Å². The average Bonchev–Trinajstić information content (AvgIpc) is 3.59. The number of hydrogen-bond acceptors (Lipinski definition) is 1. The van der Waals surface area contributed by atoms with Gasteiger partial charge in [-0.25, -0.2) is 0 Å². The third-order valence-corrected chi connectivity index (χ3v) is 14.6. The van der Waals surface area contributed by atoms with Crippen LogP contribution in [-0.4, -0.2) is 0 Å². The van der Waals surface area contributed by atoms with Crippen molar-refractivity contribution >= 4 is 17.1 Å². The molecule has 5 aliphatic carbocycles. The van der Waals surface area contributed by atoms with Crippen LogP contribution < -0.4 is 4.90 Å². The summed E-state index contributed by atoms with van der Waals surface area (Å²) in [7, 11) is 0. The minimum atomic E-state index is 0.170. The smallest absolute Gasteiger partial charge is 0.0473 e. The van der Waals surface area contributed by atoms with Gasteiger partial charge in [0.25, 0.3) is 0 Å². The van der Waals surface area contributed by atoms with Gasteiger partial charge >= 0.3 is 0 Å². The molecule has 4 fully saturated rings. The minimum absolute atomic E-state index is 0.170. The maximum Gasteiger partial charge on any atom is 0.0473 e. The normalized spacial score (nSPS) is 22.0. The molecular weight excluding hydrogens is 711 g/mol. The lowest BCUT2D eigenvalue weighted by molar-refractivity contribution is -0.0399. The fraction of sp³-hybridized carbons (Fsp3) is 0.172. The summed E-state index contributed by atoms with van der Waals surface area (Å²) in [6.07, 6.45) is 7.08. The highest BCUT2D eigenvalue weighted by molar-refractivity contribution is 5.89. The molecule has 0 saturated heterocycles. The first-order valence-electron chi connectivity index (χ1n) is 21.8. The van der Waals surface area contributed by atoms with Crippen molar-refractivity contribution < 1.29 is 0 Å². The number of hydrogen-bond donors (Lipinski definition) is 0. The van der Waals surface area contributed by atoms with E-state index in [1.54, 1.807) is 11.1 Å². The molecule has 8 aromatic carbocycles. The van der Waals surface area contributed by atoms with E-state index in [0.717, 1.165) is 40.7 Å². The molecule has 0 atom stereocenters. The van der Waals surface area contributed by atoms with Gasteiger partial charge in [0, 0.05) is 22.5 Å². The number of anilines is 3. The molecule has 0 heterocycles. The molecule has 0 radical (unpaired) electrons. The van der Waals surface area contributed by atoms with Gasteiger partial charge in [-0.15, -0.1) is 0 Å².